The smallest absolute Gasteiger partial charge is 0.331 e. The summed E-state index contributed by atoms with van der Waals surface area (Å²) in [4.78, 5) is 24.2. The Morgan fingerprint density at radius 2 is 0.973 bits per heavy atom. The van der Waals surface area contributed by atoms with Gasteiger partial charge in [-0.05, 0) is 51.9 Å². The minimum absolute atomic E-state index is 0.319. The standard InChI is InChI=1S/C28H40O8Si/c1-27(2,31)25(29)23-11-7-21(8-12-23)19-33-15-17-35-37(5,6)36-18-16-34-20-22-9-13-24(14-10-22)26(30)28(3,4)32/h7-14,31-32H,15-20H2,1-6H3. The van der Waals surface area contributed by atoms with Gasteiger partial charge >= 0.3 is 8.56 Å². The summed E-state index contributed by atoms with van der Waals surface area (Å²) in [6.45, 7) is 12.2. The summed E-state index contributed by atoms with van der Waals surface area (Å²) in [6, 6.07) is 14.0. The molecule has 0 saturated carbocycles. The molecular formula is C28H40O8Si. The molecule has 0 radical (unpaired) electrons. The van der Waals surface area contributed by atoms with Gasteiger partial charge < -0.3 is 28.5 Å². The van der Waals surface area contributed by atoms with Crippen LogP contribution in [0, 0.1) is 0 Å². The average Bonchev–Trinajstić information content (AvgIpc) is 2.82. The molecule has 0 amide bonds. The van der Waals surface area contributed by atoms with E-state index in [1.54, 1.807) is 24.3 Å². The first kappa shape index (κ1) is 31.0. The van der Waals surface area contributed by atoms with Gasteiger partial charge in [-0.3, -0.25) is 9.59 Å². The lowest BCUT2D eigenvalue weighted by molar-refractivity contribution is 0.0487. The Hall–Kier alpha value is -2.24. The number of aliphatic hydroxyl groups is 2. The fraction of sp³-hybridized carbons (Fsp3) is 0.500. The first-order chi connectivity index (χ1) is 17.2. The summed E-state index contributed by atoms with van der Waals surface area (Å²) in [6.07, 6.45) is 0. The SMILES string of the molecule is CC(C)(O)C(=O)c1ccc(COCCO[Si](C)(C)OCCOCc2ccc(C(=O)C(C)(C)O)cc2)cc1. The number of ketones is 2. The van der Waals surface area contributed by atoms with Crippen LogP contribution in [-0.4, -0.2) is 68.0 Å². The van der Waals surface area contributed by atoms with Crippen LogP contribution in [0.5, 0.6) is 0 Å². The predicted molar refractivity (Wildman–Crippen MR) is 143 cm³/mol. The lowest BCUT2D eigenvalue weighted by Crippen LogP contribution is -2.37. The highest BCUT2D eigenvalue weighted by Gasteiger charge is 2.26. The maximum atomic E-state index is 12.1. The van der Waals surface area contributed by atoms with Crippen LogP contribution in [0.2, 0.25) is 13.1 Å². The van der Waals surface area contributed by atoms with Gasteiger partial charge in [-0.1, -0.05) is 48.5 Å². The van der Waals surface area contributed by atoms with Crippen LogP contribution >= 0.6 is 0 Å². The Kier molecular flexibility index (Phi) is 11.3. The minimum Gasteiger partial charge on any atom is -0.392 e. The molecule has 2 N–H and O–H groups in total. The molecule has 0 heterocycles. The Balaban J connectivity index is 1.60. The summed E-state index contributed by atoms with van der Waals surface area (Å²) >= 11 is 0. The molecule has 37 heavy (non-hydrogen) atoms. The van der Waals surface area contributed by atoms with Crippen LogP contribution in [0.1, 0.15) is 59.5 Å². The Labute approximate surface area is 220 Å². The van der Waals surface area contributed by atoms with Crippen LogP contribution in [-0.2, 0) is 31.5 Å². The molecule has 2 aromatic rings. The summed E-state index contributed by atoms with van der Waals surface area (Å²) < 4.78 is 23.1. The number of rotatable bonds is 16. The molecule has 9 heteroatoms. The van der Waals surface area contributed by atoms with Crippen molar-refractivity contribution in [1.29, 1.82) is 0 Å². The lowest BCUT2D eigenvalue weighted by Gasteiger charge is -2.22. The maximum Gasteiger partial charge on any atom is 0.331 e. The van der Waals surface area contributed by atoms with Crippen LogP contribution in [0.15, 0.2) is 48.5 Å². The second kappa shape index (κ2) is 13.5. The van der Waals surface area contributed by atoms with E-state index in [0.29, 0.717) is 50.8 Å². The maximum absolute atomic E-state index is 12.1. The zero-order valence-corrected chi connectivity index (χ0v) is 23.7. The van der Waals surface area contributed by atoms with Crippen LogP contribution in [0.4, 0.5) is 0 Å². The fourth-order valence-electron chi connectivity index (χ4n) is 3.33. The zero-order chi connectivity index (χ0) is 27.7. The lowest BCUT2D eigenvalue weighted by atomic mass is 9.96. The molecule has 0 aliphatic heterocycles. The zero-order valence-electron chi connectivity index (χ0n) is 22.7. The second-order valence-electron chi connectivity index (χ2n) is 10.4. The molecule has 0 unspecified atom stereocenters. The topological polar surface area (TPSA) is 112 Å². The number of carbonyl (C=O) groups is 2. The van der Waals surface area contributed by atoms with Crippen molar-refractivity contribution < 1.29 is 38.1 Å². The Bertz CT molecular complexity index is 921. The molecule has 0 atom stereocenters. The van der Waals surface area contributed by atoms with Crippen LogP contribution in [0.3, 0.4) is 0 Å². The van der Waals surface area contributed by atoms with Gasteiger partial charge in [-0.25, -0.2) is 0 Å². The van der Waals surface area contributed by atoms with Crippen molar-refractivity contribution in [3.05, 3.63) is 70.8 Å². The molecule has 0 aliphatic rings. The van der Waals surface area contributed by atoms with Crippen molar-refractivity contribution in [3.63, 3.8) is 0 Å². The van der Waals surface area contributed by atoms with E-state index in [1.807, 2.05) is 37.4 Å². The van der Waals surface area contributed by atoms with E-state index in [0.717, 1.165) is 11.1 Å². The third kappa shape index (κ3) is 11.0. The van der Waals surface area contributed by atoms with Crippen LogP contribution < -0.4 is 0 Å². The van der Waals surface area contributed by atoms with E-state index in [2.05, 4.69) is 0 Å². The minimum atomic E-state index is -2.32. The second-order valence-corrected chi connectivity index (χ2v) is 13.7. The summed E-state index contributed by atoms with van der Waals surface area (Å²) in [5.74, 6) is -0.638. The molecular weight excluding hydrogens is 492 g/mol. The highest BCUT2D eigenvalue weighted by atomic mass is 28.4. The van der Waals surface area contributed by atoms with Gasteiger partial charge in [0, 0.05) is 11.1 Å². The third-order valence-electron chi connectivity index (χ3n) is 5.44. The molecule has 0 aromatic heterocycles. The molecule has 0 bridgehead atoms. The quantitative estimate of drug-likeness (QED) is 0.189. The van der Waals surface area contributed by atoms with Crippen molar-refractivity contribution in [3.8, 4) is 0 Å². The highest BCUT2D eigenvalue weighted by Crippen LogP contribution is 2.15. The van der Waals surface area contributed by atoms with Gasteiger partial charge in [0.1, 0.15) is 11.2 Å². The Morgan fingerprint density at radius 3 is 1.27 bits per heavy atom. The molecule has 8 nitrogen and oxygen atoms in total. The number of hydrogen-bond donors (Lipinski definition) is 2. The van der Waals surface area contributed by atoms with E-state index in [4.69, 9.17) is 18.3 Å². The van der Waals surface area contributed by atoms with Gasteiger partial charge in [-0.2, -0.15) is 0 Å². The monoisotopic (exact) mass is 532 g/mol. The molecule has 2 aromatic carbocycles. The number of benzene rings is 2. The first-order valence-electron chi connectivity index (χ1n) is 12.3. The van der Waals surface area contributed by atoms with Crippen molar-refractivity contribution in [2.24, 2.45) is 0 Å². The fourth-order valence-corrected chi connectivity index (χ4v) is 4.56. The van der Waals surface area contributed by atoms with Crippen LogP contribution in [0.25, 0.3) is 0 Å². The van der Waals surface area contributed by atoms with Crippen molar-refractivity contribution >= 4 is 20.1 Å². The summed E-state index contributed by atoms with van der Waals surface area (Å²) in [5.41, 5.74) is -0.0103. The summed E-state index contributed by atoms with van der Waals surface area (Å²) in [5, 5.41) is 19.7. The van der Waals surface area contributed by atoms with E-state index >= 15 is 0 Å². The first-order valence-corrected chi connectivity index (χ1v) is 15.2. The van der Waals surface area contributed by atoms with E-state index in [-0.39, 0.29) is 11.6 Å². The average molecular weight is 533 g/mol. The molecule has 0 aliphatic carbocycles. The van der Waals surface area contributed by atoms with Crippen molar-refractivity contribution in [1.82, 2.24) is 0 Å². The van der Waals surface area contributed by atoms with Crippen molar-refractivity contribution in [2.45, 2.75) is 65.2 Å². The highest BCUT2D eigenvalue weighted by molar-refractivity contribution is 6.64. The number of carbonyl (C=O) groups excluding carboxylic acids is 2. The Morgan fingerprint density at radius 1 is 0.649 bits per heavy atom. The summed E-state index contributed by atoms with van der Waals surface area (Å²) in [7, 11) is -2.32. The third-order valence-corrected chi connectivity index (χ3v) is 7.23. The van der Waals surface area contributed by atoms with E-state index in [9.17, 15) is 19.8 Å². The predicted octanol–water partition coefficient (Wildman–Crippen LogP) is 4.06. The van der Waals surface area contributed by atoms with Crippen molar-refractivity contribution in [2.75, 3.05) is 26.4 Å². The molecule has 204 valence electrons. The number of Topliss-reactive ketones (excluding diaryl/α,β-unsaturated/α-hetero) is 2. The van der Waals surface area contributed by atoms with E-state index in [1.165, 1.54) is 27.7 Å². The number of ether oxygens (including phenoxy) is 2. The normalized spacial score (nSPS) is 12.5. The largest absolute Gasteiger partial charge is 0.392 e. The number of hydrogen-bond acceptors (Lipinski definition) is 8. The van der Waals surface area contributed by atoms with Gasteiger partial charge in [0.05, 0.1) is 39.6 Å². The van der Waals surface area contributed by atoms with Gasteiger partial charge in [0.2, 0.25) is 0 Å². The molecule has 0 spiro atoms. The molecule has 2 rings (SSSR count). The van der Waals surface area contributed by atoms with Gasteiger partial charge in [0.15, 0.2) is 11.6 Å². The molecule has 0 saturated heterocycles. The molecule has 0 fully saturated rings. The van der Waals surface area contributed by atoms with Gasteiger partial charge in [-0.15, -0.1) is 0 Å². The van der Waals surface area contributed by atoms with E-state index < -0.39 is 19.8 Å². The van der Waals surface area contributed by atoms with Gasteiger partial charge in [0.25, 0.3) is 0 Å².